The fourth-order valence-electron chi connectivity index (χ4n) is 1.60. The van der Waals surface area contributed by atoms with E-state index in [2.05, 4.69) is 15.9 Å². The quantitative estimate of drug-likeness (QED) is 0.886. The molecule has 0 heterocycles. The van der Waals surface area contributed by atoms with Gasteiger partial charge in [0, 0.05) is 0 Å². The van der Waals surface area contributed by atoms with Gasteiger partial charge < -0.3 is 4.74 Å². The van der Waals surface area contributed by atoms with Crippen LogP contribution < -0.4 is 9.46 Å². The average molecular weight is 378 g/mol. The van der Waals surface area contributed by atoms with Gasteiger partial charge in [0.2, 0.25) is 0 Å². The number of methoxy groups -OCH3 is 1. The summed E-state index contributed by atoms with van der Waals surface area (Å²) in [7, 11) is -2.60. The number of anilines is 1. The minimum Gasteiger partial charge on any atom is -0.496 e. The van der Waals surface area contributed by atoms with Crippen LogP contribution in [0.4, 0.5) is 14.5 Å². The van der Waals surface area contributed by atoms with Gasteiger partial charge in [-0.2, -0.15) is 0 Å². The number of nitrogens with one attached hydrogen (secondary N) is 1. The lowest BCUT2D eigenvalue weighted by atomic mass is 10.3. The van der Waals surface area contributed by atoms with E-state index in [9.17, 15) is 17.2 Å². The van der Waals surface area contributed by atoms with E-state index in [1.54, 1.807) is 0 Å². The molecule has 0 radical (unpaired) electrons. The zero-order valence-corrected chi connectivity index (χ0v) is 13.1. The smallest absolute Gasteiger partial charge is 0.262 e. The predicted octanol–water partition coefficient (Wildman–Crippen LogP) is 3.54. The van der Waals surface area contributed by atoms with Gasteiger partial charge in [0.25, 0.3) is 10.0 Å². The van der Waals surface area contributed by atoms with Crippen molar-refractivity contribution in [2.45, 2.75) is 4.90 Å². The Morgan fingerprint density at radius 1 is 1.19 bits per heavy atom. The van der Waals surface area contributed by atoms with Gasteiger partial charge in [0.1, 0.15) is 5.75 Å². The zero-order valence-electron chi connectivity index (χ0n) is 10.7. The Morgan fingerprint density at radius 3 is 2.52 bits per heavy atom. The highest BCUT2D eigenvalue weighted by Gasteiger charge is 2.19. The van der Waals surface area contributed by atoms with E-state index < -0.39 is 27.3 Å². The van der Waals surface area contributed by atoms with E-state index in [1.165, 1.54) is 31.4 Å². The second-order valence-electron chi connectivity index (χ2n) is 4.00. The van der Waals surface area contributed by atoms with Crippen molar-refractivity contribution in [1.82, 2.24) is 0 Å². The highest BCUT2D eigenvalue weighted by molar-refractivity contribution is 9.10. The molecule has 112 valence electrons. The first kappa shape index (κ1) is 15.7. The van der Waals surface area contributed by atoms with Crippen LogP contribution in [0, 0.1) is 11.6 Å². The third-order valence-electron chi connectivity index (χ3n) is 2.63. The molecule has 0 spiro atoms. The largest absolute Gasteiger partial charge is 0.496 e. The summed E-state index contributed by atoms with van der Waals surface area (Å²) in [5.74, 6) is -1.94. The molecule has 0 aliphatic carbocycles. The molecule has 0 aliphatic rings. The number of rotatable bonds is 4. The minimum absolute atomic E-state index is 0.112. The van der Waals surface area contributed by atoms with Gasteiger partial charge in [-0.3, -0.25) is 4.72 Å². The molecule has 8 heteroatoms. The van der Waals surface area contributed by atoms with E-state index >= 15 is 0 Å². The molecule has 2 aromatic carbocycles. The molecular weight excluding hydrogens is 368 g/mol. The molecule has 0 unspecified atom stereocenters. The Labute approximate surface area is 128 Å². The predicted molar refractivity (Wildman–Crippen MR) is 77.9 cm³/mol. The van der Waals surface area contributed by atoms with Crippen molar-refractivity contribution in [2.75, 3.05) is 11.8 Å². The van der Waals surface area contributed by atoms with Gasteiger partial charge in [-0.05, 0) is 46.3 Å². The second-order valence-corrected chi connectivity index (χ2v) is 6.54. The minimum atomic E-state index is -4.04. The topological polar surface area (TPSA) is 55.4 Å². The summed E-state index contributed by atoms with van der Waals surface area (Å²) in [6.07, 6.45) is 0. The van der Waals surface area contributed by atoms with Gasteiger partial charge in [0.15, 0.2) is 11.6 Å². The van der Waals surface area contributed by atoms with Crippen molar-refractivity contribution >= 4 is 31.6 Å². The molecular formula is C13H10BrF2NO3S. The molecule has 1 N–H and O–H groups in total. The van der Waals surface area contributed by atoms with Gasteiger partial charge in [-0.25, -0.2) is 17.2 Å². The number of halogens is 3. The van der Waals surface area contributed by atoms with Crippen LogP contribution in [0.2, 0.25) is 0 Å². The Hall–Kier alpha value is -1.67. The van der Waals surface area contributed by atoms with Crippen molar-refractivity contribution in [3.8, 4) is 5.75 Å². The molecule has 0 fully saturated rings. The van der Waals surface area contributed by atoms with Crippen molar-refractivity contribution in [3.05, 3.63) is 52.5 Å². The lowest BCUT2D eigenvalue weighted by Gasteiger charge is -2.10. The van der Waals surface area contributed by atoms with Crippen molar-refractivity contribution in [1.29, 1.82) is 0 Å². The van der Waals surface area contributed by atoms with E-state index in [0.29, 0.717) is 10.2 Å². The zero-order chi connectivity index (χ0) is 15.6. The third kappa shape index (κ3) is 3.33. The molecule has 0 saturated heterocycles. The lowest BCUT2D eigenvalue weighted by molar-refractivity contribution is 0.411. The number of sulfonamides is 1. The van der Waals surface area contributed by atoms with Crippen molar-refractivity contribution in [2.24, 2.45) is 0 Å². The molecule has 4 nitrogen and oxygen atoms in total. The highest BCUT2D eigenvalue weighted by atomic mass is 79.9. The Bertz CT molecular complexity index is 781. The highest BCUT2D eigenvalue weighted by Crippen LogP contribution is 2.28. The first-order chi connectivity index (χ1) is 9.85. The van der Waals surface area contributed by atoms with Crippen LogP contribution in [0.3, 0.4) is 0 Å². The van der Waals surface area contributed by atoms with E-state index in [1.807, 2.05) is 4.72 Å². The summed E-state index contributed by atoms with van der Waals surface area (Å²) >= 11 is 3.16. The van der Waals surface area contributed by atoms with Gasteiger partial charge >= 0.3 is 0 Å². The number of ether oxygens (including phenoxy) is 1. The summed E-state index contributed by atoms with van der Waals surface area (Å²) in [6, 6.07) is 7.29. The average Bonchev–Trinajstić information content (AvgIpc) is 2.43. The molecule has 0 saturated carbocycles. The SMILES string of the molecule is COc1ccc(S(=O)(=O)Nc2cccc(F)c2F)cc1Br. The van der Waals surface area contributed by atoms with Crippen molar-refractivity contribution in [3.63, 3.8) is 0 Å². The van der Waals surface area contributed by atoms with Crippen molar-refractivity contribution < 1.29 is 21.9 Å². The Morgan fingerprint density at radius 2 is 1.90 bits per heavy atom. The maximum Gasteiger partial charge on any atom is 0.262 e. The fraction of sp³-hybridized carbons (Fsp3) is 0.0769. The van der Waals surface area contributed by atoms with Crippen LogP contribution in [0.1, 0.15) is 0 Å². The standard InChI is InChI=1S/C13H10BrF2NO3S/c1-20-12-6-5-8(7-9(12)14)21(18,19)17-11-4-2-3-10(15)13(11)16/h2-7,17H,1H3. The fourth-order valence-corrected chi connectivity index (χ4v) is 3.38. The van der Waals surface area contributed by atoms with Gasteiger partial charge in [-0.1, -0.05) is 6.07 Å². The summed E-state index contributed by atoms with van der Waals surface area (Å²) in [6.45, 7) is 0. The van der Waals surface area contributed by atoms with Crippen LogP contribution >= 0.6 is 15.9 Å². The summed E-state index contributed by atoms with van der Waals surface area (Å²) in [5, 5.41) is 0. The van der Waals surface area contributed by atoms with Crippen LogP contribution in [-0.4, -0.2) is 15.5 Å². The van der Waals surface area contributed by atoms with Crippen LogP contribution in [-0.2, 0) is 10.0 Å². The maximum absolute atomic E-state index is 13.5. The van der Waals surface area contributed by atoms with Crippen LogP contribution in [0.5, 0.6) is 5.75 Å². The first-order valence-corrected chi connectivity index (χ1v) is 7.93. The normalized spacial score (nSPS) is 11.2. The molecule has 2 aromatic rings. The molecule has 21 heavy (non-hydrogen) atoms. The summed E-state index contributed by atoms with van der Waals surface area (Å²) in [5.41, 5.74) is -0.457. The summed E-state index contributed by atoms with van der Waals surface area (Å²) < 4.78 is 58.3. The number of benzene rings is 2. The van der Waals surface area contributed by atoms with E-state index in [4.69, 9.17) is 4.74 Å². The molecule has 2 rings (SSSR count). The molecule has 0 aliphatic heterocycles. The number of hydrogen-bond donors (Lipinski definition) is 1. The number of hydrogen-bond acceptors (Lipinski definition) is 3. The monoisotopic (exact) mass is 377 g/mol. The molecule has 0 bridgehead atoms. The lowest BCUT2D eigenvalue weighted by Crippen LogP contribution is -2.14. The van der Waals surface area contributed by atoms with Crippen LogP contribution in [0.25, 0.3) is 0 Å². The second kappa shape index (κ2) is 5.98. The van der Waals surface area contributed by atoms with Gasteiger partial charge in [-0.15, -0.1) is 0 Å². The maximum atomic E-state index is 13.5. The first-order valence-electron chi connectivity index (χ1n) is 5.65. The Kier molecular flexibility index (Phi) is 4.48. The molecule has 0 atom stereocenters. The van der Waals surface area contributed by atoms with E-state index in [0.717, 1.165) is 12.1 Å². The molecule has 0 amide bonds. The molecule has 0 aromatic heterocycles. The Balaban J connectivity index is 2.39. The third-order valence-corrected chi connectivity index (χ3v) is 4.61. The van der Waals surface area contributed by atoms with Gasteiger partial charge in [0.05, 0.1) is 22.2 Å². The van der Waals surface area contributed by atoms with E-state index in [-0.39, 0.29) is 4.90 Å². The summed E-state index contributed by atoms with van der Waals surface area (Å²) in [4.78, 5) is -0.112. The van der Waals surface area contributed by atoms with Crippen LogP contribution in [0.15, 0.2) is 45.8 Å².